The van der Waals surface area contributed by atoms with E-state index in [0.29, 0.717) is 25.1 Å². The van der Waals surface area contributed by atoms with Crippen LogP contribution in [0.1, 0.15) is 31.2 Å². The zero-order valence-electron chi connectivity index (χ0n) is 17.3. The molecule has 5 nitrogen and oxygen atoms in total. The topological polar surface area (TPSA) is 56.2 Å². The molecule has 0 saturated heterocycles. The second-order valence-electron chi connectivity index (χ2n) is 7.28. The molecule has 0 fully saturated rings. The second-order valence-corrected chi connectivity index (χ2v) is 7.28. The summed E-state index contributed by atoms with van der Waals surface area (Å²) >= 11 is 0. The predicted octanol–water partition coefficient (Wildman–Crippen LogP) is 4.44. The lowest BCUT2D eigenvalue weighted by Gasteiger charge is -2.11. The summed E-state index contributed by atoms with van der Waals surface area (Å²) in [6.07, 6.45) is 2.65. The summed E-state index contributed by atoms with van der Waals surface area (Å²) in [6, 6.07) is 16.3. The van der Waals surface area contributed by atoms with E-state index >= 15 is 0 Å². The smallest absolute Gasteiger partial charge is 0.246 e. The van der Waals surface area contributed by atoms with Crippen LogP contribution in [0.25, 0.3) is 11.0 Å². The van der Waals surface area contributed by atoms with Crippen LogP contribution >= 0.6 is 0 Å². The van der Waals surface area contributed by atoms with Gasteiger partial charge in [0.15, 0.2) is 0 Å². The maximum absolute atomic E-state index is 11.7. The molecule has 0 aliphatic heterocycles. The summed E-state index contributed by atoms with van der Waals surface area (Å²) in [5, 5.41) is 2.89. The molecule has 29 heavy (non-hydrogen) atoms. The molecule has 3 aromatic rings. The highest BCUT2D eigenvalue weighted by atomic mass is 16.5. The number of aromatic nitrogens is 2. The van der Waals surface area contributed by atoms with Gasteiger partial charge >= 0.3 is 0 Å². The molecule has 1 amide bonds. The number of nitrogens with one attached hydrogen (secondary N) is 1. The normalized spacial score (nSPS) is 10.8. The summed E-state index contributed by atoms with van der Waals surface area (Å²) in [5.41, 5.74) is 3.80. The third-order valence-electron chi connectivity index (χ3n) is 4.88. The number of amides is 1. The van der Waals surface area contributed by atoms with Crippen molar-refractivity contribution in [1.29, 1.82) is 0 Å². The maximum Gasteiger partial charge on any atom is 0.246 e. The number of imidazole rings is 1. The van der Waals surface area contributed by atoms with E-state index in [4.69, 9.17) is 9.72 Å². The number of ether oxygens (including phenoxy) is 1. The van der Waals surface area contributed by atoms with Gasteiger partial charge in [-0.1, -0.05) is 36.9 Å². The Morgan fingerprint density at radius 3 is 2.69 bits per heavy atom. The first-order chi connectivity index (χ1) is 14.1. The van der Waals surface area contributed by atoms with Crippen molar-refractivity contribution in [3.8, 4) is 5.75 Å². The molecule has 0 radical (unpaired) electrons. The highest BCUT2D eigenvalue weighted by Gasteiger charge is 2.11. The van der Waals surface area contributed by atoms with E-state index < -0.39 is 0 Å². The average molecular weight is 392 g/mol. The molecule has 2 aromatic carbocycles. The Bertz CT molecular complexity index is 991. The van der Waals surface area contributed by atoms with Crippen LogP contribution < -0.4 is 10.1 Å². The molecule has 0 aliphatic rings. The minimum absolute atomic E-state index is 0.110. The highest BCUT2D eigenvalue weighted by Crippen LogP contribution is 2.19. The van der Waals surface area contributed by atoms with E-state index in [-0.39, 0.29) is 5.91 Å². The first-order valence-corrected chi connectivity index (χ1v) is 10.1. The van der Waals surface area contributed by atoms with Gasteiger partial charge in [0.25, 0.3) is 0 Å². The van der Waals surface area contributed by atoms with E-state index in [1.54, 1.807) is 6.92 Å². The minimum Gasteiger partial charge on any atom is -0.493 e. The van der Waals surface area contributed by atoms with Crippen LogP contribution in [0.3, 0.4) is 0 Å². The van der Waals surface area contributed by atoms with Gasteiger partial charge in [0.05, 0.1) is 17.6 Å². The third-order valence-corrected chi connectivity index (χ3v) is 4.88. The largest absolute Gasteiger partial charge is 0.493 e. The van der Waals surface area contributed by atoms with Gasteiger partial charge < -0.3 is 14.6 Å². The molecule has 0 unspecified atom stereocenters. The van der Waals surface area contributed by atoms with E-state index in [9.17, 15) is 4.79 Å². The number of carbonyl (C=O) groups excluding carboxylic acids is 1. The Kier molecular flexibility index (Phi) is 7.06. The van der Waals surface area contributed by atoms with Gasteiger partial charge in [0, 0.05) is 25.1 Å². The van der Waals surface area contributed by atoms with Gasteiger partial charge in [-0.15, -0.1) is 0 Å². The molecule has 5 heteroatoms. The zero-order chi connectivity index (χ0) is 20.6. The summed E-state index contributed by atoms with van der Waals surface area (Å²) in [7, 11) is 0. The Morgan fingerprint density at radius 2 is 1.90 bits per heavy atom. The lowest BCUT2D eigenvalue weighted by molar-refractivity contribution is -0.117. The molecule has 1 heterocycles. The van der Waals surface area contributed by atoms with Crippen molar-refractivity contribution in [1.82, 2.24) is 14.9 Å². The van der Waals surface area contributed by atoms with Crippen molar-refractivity contribution in [2.45, 2.75) is 39.7 Å². The number of hydrogen-bond donors (Lipinski definition) is 1. The fourth-order valence-corrected chi connectivity index (χ4v) is 3.28. The van der Waals surface area contributed by atoms with Crippen molar-refractivity contribution < 1.29 is 9.53 Å². The summed E-state index contributed by atoms with van der Waals surface area (Å²) in [5.74, 6) is 1.84. The molecule has 0 spiro atoms. The molecule has 0 atom stereocenters. The van der Waals surface area contributed by atoms with Gasteiger partial charge in [0.1, 0.15) is 11.6 Å². The van der Waals surface area contributed by atoms with Crippen molar-refractivity contribution in [2.24, 2.45) is 0 Å². The molecule has 1 aromatic heterocycles. The number of nitrogens with zero attached hydrogens (tertiary/aromatic N) is 2. The van der Waals surface area contributed by atoms with Gasteiger partial charge in [-0.2, -0.15) is 0 Å². The van der Waals surface area contributed by atoms with E-state index in [2.05, 4.69) is 35.5 Å². The highest BCUT2D eigenvalue weighted by molar-refractivity contribution is 5.92. The second kappa shape index (κ2) is 9.92. The number of rotatable bonds is 10. The summed E-state index contributed by atoms with van der Waals surface area (Å²) < 4.78 is 8.17. The van der Waals surface area contributed by atoms with Crippen LogP contribution in [0.2, 0.25) is 0 Å². The lowest BCUT2D eigenvalue weighted by Crippen LogP contribution is -2.26. The van der Waals surface area contributed by atoms with E-state index in [1.165, 1.54) is 0 Å². The van der Waals surface area contributed by atoms with Crippen molar-refractivity contribution in [3.05, 3.63) is 72.1 Å². The maximum atomic E-state index is 11.7. The number of carbonyl (C=O) groups is 1. The van der Waals surface area contributed by atoms with E-state index in [0.717, 1.165) is 47.6 Å². The number of benzene rings is 2. The summed E-state index contributed by atoms with van der Waals surface area (Å²) in [6.45, 7) is 9.57. The van der Waals surface area contributed by atoms with Gasteiger partial charge in [0.2, 0.25) is 5.91 Å². The van der Waals surface area contributed by atoms with Crippen molar-refractivity contribution in [2.75, 3.05) is 13.2 Å². The van der Waals surface area contributed by atoms with E-state index in [1.807, 2.05) is 36.4 Å². The SMILES string of the molecule is C=C(C)C(=O)NCCc1nc2ccccc2n1CCCCOc1ccccc1C. The molecule has 0 bridgehead atoms. The molecular formula is C24H29N3O2. The first-order valence-electron chi connectivity index (χ1n) is 10.1. The number of hydrogen-bond acceptors (Lipinski definition) is 3. The predicted molar refractivity (Wildman–Crippen MR) is 117 cm³/mol. The number of aryl methyl sites for hydroxylation is 2. The Balaban J connectivity index is 1.57. The third kappa shape index (κ3) is 5.47. The average Bonchev–Trinajstić information content (AvgIpc) is 3.06. The van der Waals surface area contributed by atoms with Gasteiger partial charge in [-0.25, -0.2) is 4.98 Å². The van der Waals surface area contributed by atoms with Gasteiger partial charge in [-0.3, -0.25) is 4.79 Å². The zero-order valence-corrected chi connectivity index (χ0v) is 17.3. The Hall–Kier alpha value is -3.08. The van der Waals surface area contributed by atoms with Gasteiger partial charge in [-0.05, 0) is 50.5 Å². The fraction of sp³-hybridized carbons (Fsp3) is 0.333. The van der Waals surface area contributed by atoms with Crippen LogP contribution in [0.5, 0.6) is 5.75 Å². The Labute approximate surface area is 172 Å². The Morgan fingerprint density at radius 1 is 1.14 bits per heavy atom. The minimum atomic E-state index is -0.110. The van der Waals surface area contributed by atoms with Crippen molar-refractivity contribution in [3.63, 3.8) is 0 Å². The molecule has 152 valence electrons. The van der Waals surface area contributed by atoms with Crippen LogP contribution in [-0.4, -0.2) is 28.6 Å². The van der Waals surface area contributed by atoms with Crippen LogP contribution in [0, 0.1) is 6.92 Å². The molecule has 0 aliphatic carbocycles. The number of para-hydroxylation sites is 3. The number of unbranched alkanes of at least 4 members (excludes halogenated alkanes) is 1. The van der Waals surface area contributed by atoms with Crippen LogP contribution in [-0.2, 0) is 17.8 Å². The first kappa shape index (κ1) is 20.6. The molecule has 3 rings (SSSR count). The fourth-order valence-electron chi connectivity index (χ4n) is 3.28. The van der Waals surface area contributed by atoms with Crippen molar-refractivity contribution >= 4 is 16.9 Å². The lowest BCUT2D eigenvalue weighted by atomic mass is 10.2. The summed E-state index contributed by atoms with van der Waals surface area (Å²) in [4.78, 5) is 16.5. The standard InChI is InChI=1S/C24H29N3O2/c1-18(2)24(28)25-15-14-23-26-20-11-5-6-12-21(20)27(23)16-8-9-17-29-22-13-7-4-10-19(22)3/h4-7,10-13H,1,8-9,14-17H2,2-3H3,(H,25,28). The number of fused-ring (bicyclic) bond motifs is 1. The quantitative estimate of drug-likeness (QED) is 0.411. The molecule has 1 N–H and O–H groups in total. The monoisotopic (exact) mass is 391 g/mol. The van der Waals surface area contributed by atoms with Crippen LogP contribution in [0.15, 0.2) is 60.7 Å². The van der Waals surface area contributed by atoms with Crippen LogP contribution in [0.4, 0.5) is 0 Å². The molecule has 0 saturated carbocycles. The molecular weight excluding hydrogens is 362 g/mol.